The van der Waals surface area contributed by atoms with Crippen LogP contribution in [0.25, 0.3) is 11.1 Å². The van der Waals surface area contributed by atoms with Gasteiger partial charge in [0.2, 0.25) is 0 Å². The van der Waals surface area contributed by atoms with Gasteiger partial charge in [-0.1, -0.05) is 30.3 Å². The second-order valence-electron chi connectivity index (χ2n) is 4.19. The predicted octanol–water partition coefficient (Wildman–Crippen LogP) is 4.26. The fourth-order valence-electron chi connectivity index (χ4n) is 1.81. The van der Waals surface area contributed by atoms with Gasteiger partial charge in [0.1, 0.15) is 0 Å². The fourth-order valence-corrected chi connectivity index (χ4v) is 3.10. The molecule has 0 spiro atoms. The van der Waals surface area contributed by atoms with E-state index in [4.69, 9.17) is 0 Å². The molecule has 0 atom stereocenters. The summed E-state index contributed by atoms with van der Waals surface area (Å²) in [5.74, 6) is 1.24. The molecule has 2 rings (SSSR count). The summed E-state index contributed by atoms with van der Waals surface area (Å²) in [5, 5.41) is 5.74. The number of nitrogens with one attached hydrogen (secondary N) is 1. The van der Waals surface area contributed by atoms with Crippen molar-refractivity contribution < 1.29 is 0 Å². The molecule has 0 unspecified atom stereocenters. The summed E-state index contributed by atoms with van der Waals surface area (Å²) in [6.45, 7) is 2.10. The lowest BCUT2D eigenvalue weighted by atomic mass is 10.1. The molecule has 1 N–H and O–H groups in total. The Labute approximate surface area is 118 Å². The average Bonchev–Trinajstić information content (AvgIpc) is 2.88. The van der Waals surface area contributed by atoms with Gasteiger partial charge in [-0.15, -0.1) is 11.3 Å². The summed E-state index contributed by atoms with van der Waals surface area (Å²) in [6.07, 6.45) is 3.41. The molecular weight excluding hydrogens is 258 g/mol. The molecule has 0 saturated carbocycles. The van der Waals surface area contributed by atoms with Crippen molar-refractivity contribution in [3.8, 4) is 11.1 Å². The monoisotopic (exact) mass is 277 g/mol. The minimum Gasteiger partial charge on any atom is -0.312 e. The molecule has 1 aromatic carbocycles. The Morgan fingerprint density at radius 2 is 2.00 bits per heavy atom. The first-order chi connectivity index (χ1) is 8.90. The van der Waals surface area contributed by atoms with Crippen LogP contribution in [0.15, 0.2) is 41.8 Å². The molecule has 1 aromatic heterocycles. The van der Waals surface area contributed by atoms with Gasteiger partial charge < -0.3 is 5.32 Å². The zero-order valence-corrected chi connectivity index (χ0v) is 12.3. The summed E-state index contributed by atoms with van der Waals surface area (Å²) in [7, 11) is 0. The Hall–Kier alpha value is -0.770. The largest absolute Gasteiger partial charge is 0.312 e. The Bertz CT molecular complexity index is 451. The molecule has 0 saturated heterocycles. The van der Waals surface area contributed by atoms with Gasteiger partial charge >= 0.3 is 0 Å². The van der Waals surface area contributed by atoms with Gasteiger partial charge in [-0.2, -0.15) is 11.8 Å². The molecule has 0 radical (unpaired) electrons. The number of rotatable bonds is 7. The number of thioether (sulfide) groups is 1. The summed E-state index contributed by atoms with van der Waals surface area (Å²) in [5.41, 5.74) is 2.64. The van der Waals surface area contributed by atoms with E-state index in [1.807, 2.05) is 23.1 Å². The summed E-state index contributed by atoms with van der Waals surface area (Å²) in [4.78, 5) is 1.41. The third-order valence-electron chi connectivity index (χ3n) is 2.76. The zero-order chi connectivity index (χ0) is 12.6. The summed E-state index contributed by atoms with van der Waals surface area (Å²) in [6, 6.07) is 12.9. The van der Waals surface area contributed by atoms with Crippen LogP contribution >= 0.6 is 23.1 Å². The average molecular weight is 277 g/mol. The van der Waals surface area contributed by atoms with Crippen LogP contribution in [-0.2, 0) is 6.54 Å². The van der Waals surface area contributed by atoms with E-state index in [-0.39, 0.29) is 0 Å². The van der Waals surface area contributed by atoms with E-state index < -0.39 is 0 Å². The van der Waals surface area contributed by atoms with E-state index >= 15 is 0 Å². The standard InChI is InChI=1S/C15H19NS2/c1-17-9-5-8-16-11-15-10-14(12-18-15)13-6-3-2-4-7-13/h2-4,6-7,10,12,16H,5,8-9,11H2,1H3. The van der Waals surface area contributed by atoms with Crippen LogP contribution in [0.1, 0.15) is 11.3 Å². The molecule has 3 heteroatoms. The molecular formula is C15H19NS2. The summed E-state index contributed by atoms with van der Waals surface area (Å²) >= 11 is 3.75. The van der Waals surface area contributed by atoms with Crippen LogP contribution in [-0.4, -0.2) is 18.6 Å². The molecule has 0 bridgehead atoms. The van der Waals surface area contributed by atoms with Crippen LogP contribution < -0.4 is 5.32 Å². The molecule has 2 aromatic rings. The van der Waals surface area contributed by atoms with Gasteiger partial charge in [0.15, 0.2) is 0 Å². The third-order valence-corrected chi connectivity index (χ3v) is 4.40. The van der Waals surface area contributed by atoms with Crippen molar-refractivity contribution >= 4 is 23.1 Å². The lowest BCUT2D eigenvalue weighted by Gasteiger charge is -2.01. The Balaban J connectivity index is 1.83. The highest BCUT2D eigenvalue weighted by Gasteiger charge is 2.01. The van der Waals surface area contributed by atoms with Gasteiger partial charge in [-0.3, -0.25) is 0 Å². The minimum absolute atomic E-state index is 0.992. The van der Waals surface area contributed by atoms with Crippen LogP contribution in [0.4, 0.5) is 0 Å². The van der Waals surface area contributed by atoms with Gasteiger partial charge in [0.05, 0.1) is 0 Å². The Kier molecular flexibility index (Phi) is 5.78. The molecule has 1 nitrogen and oxygen atoms in total. The quantitative estimate of drug-likeness (QED) is 0.759. The molecule has 0 aliphatic heterocycles. The van der Waals surface area contributed by atoms with E-state index in [1.54, 1.807) is 0 Å². The van der Waals surface area contributed by atoms with E-state index in [1.165, 1.54) is 28.2 Å². The summed E-state index contributed by atoms with van der Waals surface area (Å²) < 4.78 is 0. The van der Waals surface area contributed by atoms with E-state index in [2.05, 4.69) is 53.4 Å². The van der Waals surface area contributed by atoms with Crippen molar-refractivity contribution in [1.29, 1.82) is 0 Å². The molecule has 0 fully saturated rings. The third kappa shape index (κ3) is 4.16. The highest BCUT2D eigenvalue weighted by molar-refractivity contribution is 7.98. The molecule has 0 aliphatic rings. The maximum atomic E-state index is 3.50. The van der Waals surface area contributed by atoms with Crippen molar-refractivity contribution in [3.63, 3.8) is 0 Å². The predicted molar refractivity (Wildman–Crippen MR) is 84.5 cm³/mol. The molecule has 18 heavy (non-hydrogen) atoms. The van der Waals surface area contributed by atoms with E-state index in [0.29, 0.717) is 0 Å². The maximum Gasteiger partial charge on any atom is 0.0299 e. The molecule has 1 heterocycles. The lowest BCUT2D eigenvalue weighted by Crippen LogP contribution is -2.14. The Morgan fingerprint density at radius 3 is 2.78 bits per heavy atom. The molecule has 0 amide bonds. The first-order valence-corrected chi connectivity index (χ1v) is 8.50. The van der Waals surface area contributed by atoms with Crippen molar-refractivity contribution in [1.82, 2.24) is 5.32 Å². The lowest BCUT2D eigenvalue weighted by molar-refractivity contribution is 0.685. The number of hydrogen-bond acceptors (Lipinski definition) is 3. The van der Waals surface area contributed by atoms with Crippen LogP contribution in [0, 0.1) is 0 Å². The van der Waals surface area contributed by atoms with Crippen molar-refractivity contribution in [3.05, 3.63) is 46.7 Å². The van der Waals surface area contributed by atoms with Crippen LogP contribution in [0.5, 0.6) is 0 Å². The van der Waals surface area contributed by atoms with E-state index in [0.717, 1.165) is 13.1 Å². The minimum atomic E-state index is 0.992. The molecule has 0 aliphatic carbocycles. The van der Waals surface area contributed by atoms with Gasteiger partial charge in [0.25, 0.3) is 0 Å². The topological polar surface area (TPSA) is 12.0 Å². The first-order valence-electron chi connectivity index (χ1n) is 6.22. The number of hydrogen-bond donors (Lipinski definition) is 1. The maximum absolute atomic E-state index is 3.50. The van der Waals surface area contributed by atoms with Crippen molar-refractivity contribution in [2.24, 2.45) is 0 Å². The van der Waals surface area contributed by atoms with Gasteiger partial charge in [-0.05, 0) is 47.5 Å². The van der Waals surface area contributed by atoms with E-state index in [9.17, 15) is 0 Å². The number of thiophene rings is 1. The SMILES string of the molecule is CSCCCNCc1cc(-c2ccccc2)cs1. The fraction of sp³-hybridized carbons (Fsp3) is 0.333. The normalized spacial score (nSPS) is 10.7. The van der Waals surface area contributed by atoms with Crippen molar-refractivity contribution in [2.75, 3.05) is 18.6 Å². The van der Waals surface area contributed by atoms with Crippen LogP contribution in [0.2, 0.25) is 0 Å². The molecule has 96 valence electrons. The van der Waals surface area contributed by atoms with Crippen molar-refractivity contribution in [2.45, 2.75) is 13.0 Å². The zero-order valence-electron chi connectivity index (χ0n) is 10.7. The first kappa shape index (κ1) is 13.7. The van der Waals surface area contributed by atoms with Gasteiger partial charge in [-0.25, -0.2) is 0 Å². The highest BCUT2D eigenvalue weighted by Crippen LogP contribution is 2.25. The Morgan fingerprint density at radius 1 is 1.17 bits per heavy atom. The second-order valence-corrected chi connectivity index (χ2v) is 6.17. The highest BCUT2D eigenvalue weighted by atomic mass is 32.2. The smallest absolute Gasteiger partial charge is 0.0299 e. The second kappa shape index (κ2) is 7.62. The van der Waals surface area contributed by atoms with Gasteiger partial charge in [0, 0.05) is 11.4 Å². The number of benzene rings is 1. The van der Waals surface area contributed by atoms with Crippen LogP contribution in [0.3, 0.4) is 0 Å².